The topological polar surface area (TPSA) is 78.5 Å². The maximum atomic E-state index is 12.5. The summed E-state index contributed by atoms with van der Waals surface area (Å²) in [7, 11) is 0. The maximum absolute atomic E-state index is 12.5. The number of likely N-dealkylation sites (tertiary alicyclic amines) is 1. The molecule has 1 aliphatic heterocycles. The summed E-state index contributed by atoms with van der Waals surface area (Å²) in [5.74, 6) is -0.0553. The van der Waals surface area contributed by atoms with Gasteiger partial charge in [0.25, 0.3) is 0 Å². The van der Waals surface area contributed by atoms with Crippen molar-refractivity contribution in [2.45, 2.75) is 45.1 Å². The zero-order valence-electron chi connectivity index (χ0n) is 15.2. The number of anilines is 1. The molecule has 3 rings (SSSR count). The number of nitrogens with zero attached hydrogens (tertiary/aromatic N) is 1. The molecule has 1 heterocycles. The summed E-state index contributed by atoms with van der Waals surface area (Å²) < 4.78 is 0. The van der Waals surface area contributed by atoms with Crippen LogP contribution in [0.1, 0.15) is 39.0 Å². The van der Waals surface area contributed by atoms with Crippen LogP contribution in [0, 0.1) is 11.8 Å². The number of amides is 3. The molecule has 0 bridgehead atoms. The van der Waals surface area contributed by atoms with Crippen LogP contribution in [0.3, 0.4) is 0 Å². The molecule has 1 saturated carbocycles. The van der Waals surface area contributed by atoms with Crippen LogP contribution in [-0.4, -0.2) is 41.8 Å². The van der Waals surface area contributed by atoms with E-state index in [-0.39, 0.29) is 29.6 Å². The number of benzene rings is 1. The summed E-state index contributed by atoms with van der Waals surface area (Å²) >= 11 is 0. The zero-order valence-corrected chi connectivity index (χ0v) is 15.2. The van der Waals surface area contributed by atoms with Gasteiger partial charge in [-0.3, -0.25) is 14.4 Å². The minimum Gasteiger partial charge on any atom is -0.344 e. The molecule has 1 saturated heterocycles. The summed E-state index contributed by atoms with van der Waals surface area (Å²) in [6.45, 7) is 2.85. The molecule has 2 aliphatic rings. The molecule has 0 radical (unpaired) electrons. The van der Waals surface area contributed by atoms with Gasteiger partial charge in [0.2, 0.25) is 17.7 Å². The van der Waals surface area contributed by atoms with Gasteiger partial charge in [0, 0.05) is 30.6 Å². The molecule has 1 atom stereocenters. The zero-order chi connectivity index (χ0) is 18.5. The van der Waals surface area contributed by atoms with Crippen LogP contribution in [0.4, 0.5) is 5.69 Å². The Bertz CT molecular complexity index is 650. The van der Waals surface area contributed by atoms with E-state index >= 15 is 0 Å². The van der Waals surface area contributed by atoms with Gasteiger partial charge in [0.1, 0.15) is 6.04 Å². The number of para-hydroxylation sites is 1. The molecule has 3 amide bonds. The van der Waals surface area contributed by atoms with Crippen LogP contribution in [0.5, 0.6) is 0 Å². The van der Waals surface area contributed by atoms with Crippen molar-refractivity contribution in [3.8, 4) is 0 Å². The lowest BCUT2D eigenvalue weighted by atomic mass is 9.84. The Hall–Kier alpha value is -2.37. The van der Waals surface area contributed by atoms with Crippen molar-refractivity contribution in [1.29, 1.82) is 0 Å². The number of rotatable bonds is 5. The van der Waals surface area contributed by atoms with E-state index in [4.69, 9.17) is 0 Å². The van der Waals surface area contributed by atoms with E-state index in [1.54, 1.807) is 11.8 Å². The van der Waals surface area contributed by atoms with Gasteiger partial charge in [0.15, 0.2) is 0 Å². The second kappa shape index (κ2) is 8.34. The van der Waals surface area contributed by atoms with Crippen molar-refractivity contribution in [1.82, 2.24) is 10.2 Å². The van der Waals surface area contributed by atoms with Gasteiger partial charge in [-0.2, -0.15) is 0 Å². The van der Waals surface area contributed by atoms with Crippen LogP contribution in [0.15, 0.2) is 30.3 Å². The normalized spacial score (nSPS) is 19.3. The molecule has 1 aromatic carbocycles. The molecule has 6 nitrogen and oxygen atoms in total. The molecule has 0 unspecified atom stereocenters. The van der Waals surface area contributed by atoms with E-state index in [0.29, 0.717) is 25.9 Å². The molecule has 140 valence electrons. The number of hydrogen-bond acceptors (Lipinski definition) is 3. The van der Waals surface area contributed by atoms with Gasteiger partial charge in [-0.15, -0.1) is 0 Å². The third-order valence-electron chi connectivity index (χ3n) is 5.42. The van der Waals surface area contributed by atoms with Crippen molar-refractivity contribution in [3.63, 3.8) is 0 Å². The summed E-state index contributed by atoms with van der Waals surface area (Å²) in [5, 5.41) is 5.77. The number of carbonyl (C=O) groups excluding carboxylic acids is 3. The molecule has 0 spiro atoms. The summed E-state index contributed by atoms with van der Waals surface area (Å²) in [6.07, 6.45) is 4.24. The largest absolute Gasteiger partial charge is 0.344 e. The van der Waals surface area contributed by atoms with Gasteiger partial charge < -0.3 is 15.5 Å². The van der Waals surface area contributed by atoms with Crippen LogP contribution in [0.25, 0.3) is 0 Å². The van der Waals surface area contributed by atoms with Crippen LogP contribution >= 0.6 is 0 Å². The standard InChI is InChI=1S/C20H27N3O3/c1-14(21-18(24)15-6-5-7-15)20(26)23-12-10-16(11-13-23)19(25)22-17-8-3-2-4-9-17/h2-4,8-9,14-16H,5-7,10-13H2,1H3,(H,21,24)(H,22,25)/t14-/m1/s1. The Morgan fingerprint density at radius 2 is 1.58 bits per heavy atom. The molecular weight excluding hydrogens is 330 g/mol. The van der Waals surface area contributed by atoms with Crippen molar-refractivity contribution in [2.75, 3.05) is 18.4 Å². The first-order valence-corrected chi connectivity index (χ1v) is 9.49. The molecule has 6 heteroatoms. The van der Waals surface area contributed by atoms with Gasteiger partial charge in [-0.05, 0) is 44.7 Å². The Labute approximate surface area is 154 Å². The first kappa shape index (κ1) is 18.4. The summed E-state index contributed by atoms with van der Waals surface area (Å²) in [5.41, 5.74) is 0.795. The molecule has 1 aliphatic carbocycles. The minimum atomic E-state index is -0.502. The van der Waals surface area contributed by atoms with Gasteiger partial charge in [-0.1, -0.05) is 24.6 Å². The third kappa shape index (κ3) is 4.42. The minimum absolute atomic E-state index is 0.00535. The average molecular weight is 357 g/mol. The van der Waals surface area contributed by atoms with E-state index < -0.39 is 6.04 Å². The fourth-order valence-electron chi connectivity index (χ4n) is 3.47. The lowest BCUT2D eigenvalue weighted by Crippen LogP contribution is -2.51. The third-order valence-corrected chi connectivity index (χ3v) is 5.42. The van der Waals surface area contributed by atoms with Crippen molar-refractivity contribution in [2.24, 2.45) is 11.8 Å². The van der Waals surface area contributed by atoms with E-state index in [1.165, 1.54) is 0 Å². The fraction of sp³-hybridized carbons (Fsp3) is 0.550. The molecule has 0 aromatic heterocycles. The molecule has 1 aromatic rings. The predicted molar refractivity (Wildman–Crippen MR) is 99.3 cm³/mol. The Balaban J connectivity index is 1.44. The summed E-state index contributed by atoms with van der Waals surface area (Å²) in [4.78, 5) is 38.7. The Morgan fingerprint density at radius 3 is 2.15 bits per heavy atom. The molecule has 26 heavy (non-hydrogen) atoms. The Morgan fingerprint density at radius 1 is 0.962 bits per heavy atom. The van der Waals surface area contributed by atoms with Crippen LogP contribution in [-0.2, 0) is 14.4 Å². The first-order valence-electron chi connectivity index (χ1n) is 9.49. The average Bonchev–Trinajstić information content (AvgIpc) is 2.60. The second-order valence-corrected chi connectivity index (χ2v) is 7.31. The van der Waals surface area contributed by atoms with Crippen molar-refractivity contribution in [3.05, 3.63) is 30.3 Å². The SMILES string of the molecule is C[C@@H](NC(=O)C1CCC1)C(=O)N1CCC(C(=O)Nc2ccccc2)CC1. The smallest absolute Gasteiger partial charge is 0.244 e. The number of carbonyl (C=O) groups is 3. The van der Waals surface area contributed by atoms with Gasteiger partial charge in [-0.25, -0.2) is 0 Å². The highest BCUT2D eigenvalue weighted by Crippen LogP contribution is 2.26. The number of hydrogen-bond donors (Lipinski definition) is 2. The van der Waals surface area contributed by atoms with E-state index in [9.17, 15) is 14.4 Å². The highest BCUT2D eigenvalue weighted by molar-refractivity contribution is 5.93. The highest BCUT2D eigenvalue weighted by Gasteiger charge is 2.32. The Kier molecular flexibility index (Phi) is 5.91. The van der Waals surface area contributed by atoms with Gasteiger partial charge >= 0.3 is 0 Å². The summed E-state index contributed by atoms with van der Waals surface area (Å²) in [6, 6.07) is 8.90. The first-order chi connectivity index (χ1) is 12.5. The molecular formula is C20H27N3O3. The molecule has 2 fully saturated rings. The fourth-order valence-corrected chi connectivity index (χ4v) is 3.47. The van der Waals surface area contributed by atoms with Gasteiger partial charge in [0.05, 0.1) is 0 Å². The lowest BCUT2D eigenvalue weighted by Gasteiger charge is -2.34. The van der Waals surface area contributed by atoms with Crippen molar-refractivity contribution < 1.29 is 14.4 Å². The van der Waals surface area contributed by atoms with E-state index in [0.717, 1.165) is 24.9 Å². The quantitative estimate of drug-likeness (QED) is 0.848. The molecule has 2 N–H and O–H groups in total. The number of piperidine rings is 1. The highest BCUT2D eigenvalue weighted by atomic mass is 16.2. The number of nitrogens with one attached hydrogen (secondary N) is 2. The van der Waals surface area contributed by atoms with E-state index in [2.05, 4.69) is 10.6 Å². The van der Waals surface area contributed by atoms with Crippen molar-refractivity contribution >= 4 is 23.4 Å². The van der Waals surface area contributed by atoms with Crippen LogP contribution in [0.2, 0.25) is 0 Å². The predicted octanol–water partition coefficient (Wildman–Crippen LogP) is 2.17. The lowest BCUT2D eigenvalue weighted by molar-refractivity contribution is -0.139. The van der Waals surface area contributed by atoms with Crippen LogP contribution < -0.4 is 10.6 Å². The monoisotopic (exact) mass is 357 g/mol. The van der Waals surface area contributed by atoms with E-state index in [1.807, 2.05) is 30.3 Å². The maximum Gasteiger partial charge on any atom is 0.244 e. The second-order valence-electron chi connectivity index (χ2n) is 7.31.